The number of ether oxygens (including phenoxy) is 2. The second-order valence-electron chi connectivity index (χ2n) is 9.52. The Bertz CT molecular complexity index is 1260. The van der Waals surface area contributed by atoms with Gasteiger partial charge >= 0.3 is 6.09 Å². The topological polar surface area (TPSA) is 107 Å². The van der Waals surface area contributed by atoms with Crippen LogP contribution in [0.1, 0.15) is 24.0 Å². The average Bonchev–Trinajstić information content (AvgIpc) is 3.54. The summed E-state index contributed by atoms with van der Waals surface area (Å²) in [6.45, 7) is 3.56. The Morgan fingerprint density at radius 1 is 1.24 bits per heavy atom. The van der Waals surface area contributed by atoms with Gasteiger partial charge < -0.3 is 24.4 Å². The number of carbonyl (C=O) groups excluding carboxylic acids is 1. The minimum atomic E-state index is -1.01. The van der Waals surface area contributed by atoms with E-state index in [-0.39, 0.29) is 11.9 Å². The molecule has 5 rings (SSSR count). The SMILES string of the molecule is COC(=O)N1CCC2(CC1)CN(c1ccc(-c3cn[nH]c3)c(OC)n1)C(O)N2Cc1cccc(F)c1C. The summed E-state index contributed by atoms with van der Waals surface area (Å²) in [7, 11) is 2.93. The lowest BCUT2D eigenvalue weighted by Gasteiger charge is -2.44. The van der Waals surface area contributed by atoms with E-state index in [9.17, 15) is 14.3 Å². The zero-order valence-electron chi connectivity index (χ0n) is 21.1. The Labute approximate surface area is 214 Å². The Hall–Kier alpha value is -3.70. The molecule has 2 N–H and O–H groups in total. The van der Waals surface area contributed by atoms with E-state index >= 15 is 0 Å². The van der Waals surface area contributed by atoms with E-state index in [1.54, 1.807) is 37.4 Å². The van der Waals surface area contributed by atoms with Gasteiger partial charge in [-0.05, 0) is 49.1 Å². The third kappa shape index (κ3) is 4.49. The molecule has 4 heterocycles. The fraction of sp³-hybridized carbons (Fsp3) is 0.423. The second-order valence-corrected chi connectivity index (χ2v) is 9.52. The summed E-state index contributed by atoms with van der Waals surface area (Å²) in [4.78, 5) is 22.4. The summed E-state index contributed by atoms with van der Waals surface area (Å²) >= 11 is 0. The second kappa shape index (κ2) is 9.98. The zero-order valence-corrected chi connectivity index (χ0v) is 21.1. The van der Waals surface area contributed by atoms with Crippen molar-refractivity contribution in [3.05, 3.63) is 59.7 Å². The highest BCUT2D eigenvalue weighted by Crippen LogP contribution is 2.42. The van der Waals surface area contributed by atoms with Crippen LogP contribution >= 0.6 is 0 Å². The van der Waals surface area contributed by atoms with E-state index in [1.165, 1.54) is 13.2 Å². The fourth-order valence-corrected chi connectivity index (χ4v) is 5.40. The standard InChI is InChI=1S/C26H31FN6O4/c1-17-18(5-4-6-21(17)27)15-33-24(34)32(16-26(33)9-11-31(12-10-26)25(35)37-3)22-8-7-20(23(30-22)36-2)19-13-28-29-14-19/h4-8,13-14,24,34H,9-12,15-16H2,1-3H3,(H,28,29). The van der Waals surface area contributed by atoms with E-state index in [2.05, 4.69) is 10.2 Å². The van der Waals surface area contributed by atoms with E-state index in [1.807, 2.05) is 28.0 Å². The lowest BCUT2D eigenvalue weighted by atomic mass is 9.86. The zero-order chi connectivity index (χ0) is 26.2. The fourth-order valence-electron chi connectivity index (χ4n) is 5.40. The van der Waals surface area contributed by atoms with E-state index < -0.39 is 11.9 Å². The number of rotatable bonds is 5. The lowest BCUT2D eigenvalue weighted by Crippen LogP contribution is -2.55. The number of halogens is 1. The molecule has 2 aliphatic rings. The number of aliphatic hydroxyl groups excluding tert-OH is 1. The van der Waals surface area contributed by atoms with Crippen molar-refractivity contribution in [2.24, 2.45) is 0 Å². The number of pyridine rings is 1. The van der Waals surface area contributed by atoms with Gasteiger partial charge in [-0.1, -0.05) is 12.1 Å². The normalized spacial score (nSPS) is 19.4. The van der Waals surface area contributed by atoms with Crippen molar-refractivity contribution in [1.29, 1.82) is 0 Å². The van der Waals surface area contributed by atoms with Gasteiger partial charge in [-0.2, -0.15) is 10.1 Å². The summed E-state index contributed by atoms with van der Waals surface area (Å²) in [5.74, 6) is 0.698. The predicted octanol–water partition coefficient (Wildman–Crippen LogP) is 3.13. The number of nitrogens with zero attached hydrogens (tertiary/aromatic N) is 5. The van der Waals surface area contributed by atoms with Crippen LogP contribution in [0.15, 0.2) is 42.7 Å². The van der Waals surface area contributed by atoms with E-state index in [4.69, 9.17) is 14.5 Å². The molecule has 196 valence electrons. The van der Waals surface area contributed by atoms with Crippen LogP contribution in [-0.2, 0) is 11.3 Å². The largest absolute Gasteiger partial charge is 0.480 e. The molecule has 1 atom stereocenters. The number of hydrogen-bond acceptors (Lipinski definition) is 8. The number of aromatic nitrogens is 3. The molecule has 0 bridgehead atoms. The van der Waals surface area contributed by atoms with Gasteiger partial charge in [0, 0.05) is 49.0 Å². The van der Waals surface area contributed by atoms with Gasteiger partial charge in [-0.3, -0.25) is 5.10 Å². The predicted molar refractivity (Wildman–Crippen MR) is 134 cm³/mol. The Morgan fingerprint density at radius 3 is 2.70 bits per heavy atom. The van der Waals surface area contributed by atoms with Crippen LogP contribution in [0.4, 0.5) is 15.0 Å². The number of hydrogen-bond donors (Lipinski definition) is 2. The number of methoxy groups -OCH3 is 2. The highest BCUT2D eigenvalue weighted by Gasteiger charge is 2.52. The van der Waals surface area contributed by atoms with Gasteiger partial charge in [0.05, 0.1) is 20.4 Å². The lowest BCUT2D eigenvalue weighted by molar-refractivity contribution is -0.0455. The number of amides is 1. The van der Waals surface area contributed by atoms with Crippen molar-refractivity contribution < 1.29 is 23.8 Å². The third-order valence-corrected chi connectivity index (χ3v) is 7.62. The minimum Gasteiger partial charge on any atom is -0.480 e. The molecule has 0 radical (unpaired) electrons. The van der Waals surface area contributed by atoms with Crippen LogP contribution in [0, 0.1) is 12.7 Å². The highest BCUT2D eigenvalue weighted by molar-refractivity contribution is 5.69. The number of aliphatic hydroxyl groups is 1. The summed E-state index contributed by atoms with van der Waals surface area (Å²) in [5.41, 5.74) is 2.52. The van der Waals surface area contributed by atoms with Gasteiger partial charge in [0.25, 0.3) is 0 Å². The van der Waals surface area contributed by atoms with Crippen LogP contribution in [0.5, 0.6) is 5.88 Å². The number of nitrogens with one attached hydrogen (secondary N) is 1. The molecule has 2 aromatic heterocycles. The first-order valence-electron chi connectivity index (χ1n) is 12.2. The monoisotopic (exact) mass is 510 g/mol. The molecular weight excluding hydrogens is 479 g/mol. The number of piperidine rings is 1. The molecule has 3 aromatic rings. The summed E-state index contributed by atoms with van der Waals surface area (Å²) in [5, 5.41) is 18.4. The maximum atomic E-state index is 14.4. The Morgan fingerprint density at radius 2 is 2.03 bits per heavy atom. The smallest absolute Gasteiger partial charge is 0.409 e. The number of anilines is 1. The number of aromatic amines is 1. The average molecular weight is 511 g/mol. The molecule has 2 aliphatic heterocycles. The van der Waals surface area contributed by atoms with Crippen molar-refractivity contribution in [3.63, 3.8) is 0 Å². The third-order valence-electron chi connectivity index (χ3n) is 7.62. The van der Waals surface area contributed by atoms with Gasteiger partial charge in [-0.25, -0.2) is 14.1 Å². The molecule has 10 nitrogen and oxygen atoms in total. The molecule has 2 saturated heterocycles. The molecule has 11 heteroatoms. The molecule has 1 amide bonds. The van der Waals surface area contributed by atoms with Crippen LogP contribution < -0.4 is 9.64 Å². The number of likely N-dealkylation sites (tertiary alicyclic amines) is 1. The van der Waals surface area contributed by atoms with Crippen molar-refractivity contribution in [2.45, 2.75) is 38.2 Å². The quantitative estimate of drug-likeness (QED) is 0.539. The molecule has 0 saturated carbocycles. The van der Waals surface area contributed by atoms with E-state index in [0.717, 1.165) is 16.7 Å². The van der Waals surface area contributed by atoms with Gasteiger partial charge in [0.2, 0.25) is 5.88 Å². The maximum absolute atomic E-state index is 14.4. The van der Waals surface area contributed by atoms with Crippen molar-refractivity contribution >= 4 is 11.9 Å². The molecular formula is C26H31FN6O4. The molecule has 1 aromatic carbocycles. The first-order chi connectivity index (χ1) is 17.9. The summed E-state index contributed by atoms with van der Waals surface area (Å²) < 4.78 is 24.8. The highest BCUT2D eigenvalue weighted by atomic mass is 19.1. The first-order valence-corrected chi connectivity index (χ1v) is 12.2. The number of carbonyl (C=O) groups is 1. The van der Waals surface area contributed by atoms with Crippen LogP contribution in [-0.4, -0.2) is 81.9 Å². The molecule has 0 aliphatic carbocycles. The van der Waals surface area contributed by atoms with Crippen molar-refractivity contribution in [1.82, 2.24) is 25.0 Å². The van der Waals surface area contributed by atoms with E-state index in [0.29, 0.717) is 56.3 Å². The van der Waals surface area contributed by atoms with Gasteiger partial charge in [0.15, 0.2) is 6.35 Å². The molecule has 1 spiro atoms. The van der Waals surface area contributed by atoms with Crippen molar-refractivity contribution in [2.75, 3.05) is 38.8 Å². The van der Waals surface area contributed by atoms with Gasteiger partial charge in [0.1, 0.15) is 11.6 Å². The molecule has 2 fully saturated rings. The first kappa shape index (κ1) is 25.0. The molecule has 37 heavy (non-hydrogen) atoms. The molecule has 1 unspecified atom stereocenters. The summed E-state index contributed by atoms with van der Waals surface area (Å²) in [6, 6.07) is 8.75. The number of benzene rings is 1. The van der Waals surface area contributed by atoms with Gasteiger partial charge in [-0.15, -0.1) is 0 Å². The van der Waals surface area contributed by atoms with Crippen LogP contribution in [0.25, 0.3) is 11.1 Å². The van der Waals surface area contributed by atoms with Crippen LogP contribution in [0.2, 0.25) is 0 Å². The van der Waals surface area contributed by atoms with Crippen molar-refractivity contribution in [3.8, 4) is 17.0 Å². The Kier molecular flexibility index (Phi) is 6.74. The summed E-state index contributed by atoms with van der Waals surface area (Å²) in [6.07, 6.45) is 3.32. The number of H-pyrrole nitrogens is 1. The minimum absolute atomic E-state index is 0.279. The maximum Gasteiger partial charge on any atom is 0.409 e. The Balaban J connectivity index is 1.49. The van der Waals surface area contributed by atoms with Crippen LogP contribution in [0.3, 0.4) is 0 Å².